The van der Waals surface area contributed by atoms with E-state index in [1.807, 2.05) is 51.1 Å². The fraction of sp³-hybridized carbons (Fsp3) is 0.357. The molecule has 0 fully saturated rings. The maximum atomic E-state index is 12.5. The Labute approximate surface area is 117 Å². The van der Waals surface area contributed by atoms with Gasteiger partial charge in [-0.1, -0.05) is 12.1 Å². The molecule has 0 bridgehead atoms. The van der Waals surface area contributed by atoms with Gasteiger partial charge in [-0.3, -0.25) is 0 Å². The third-order valence-electron chi connectivity index (χ3n) is 2.85. The highest BCUT2D eigenvalue weighted by atomic mass is 35.5. The number of ether oxygens (including phenoxy) is 1. The van der Waals surface area contributed by atoms with E-state index in [0.29, 0.717) is 0 Å². The van der Waals surface area contributed by atoms with Crippen LogP contribution in [0.5, 0.6) is 0 Å². The molecule has 0 radical (unpaired) electrons. The number of nitrogens with zero attached hydrogens (tertiary/aromatic N) is 1. The number of rotatable bonds is 2. The van der Waals surface area contributed by atoms with Crippen LogP contribution in [0.15, 0.2) is 30.5 Å². The standard InChI is InChI=1S/C14H17ClNO3/c1-14(2,3)19-13(17)16(10-18-15)9-8-11-6-4-5-7-12(11)16/h4-9H,10H2,1-3H3/q+1. The molecular formula is C14H17ClNO3+. The molecule has 1 aliphatic heterocycles. The predicted molar refractivity (Wildman–Crippen MR) is 75.3 cm³/mol. The zero-order valence-electron chi connectivity index (χ0n) is 11.2. The lowest BCUT2D eigenvalue weighted by molar-refractivity contribution is 0.0247. The molecule has 0 saturated carbocycles. The van der Waals surface area contributed by atoms with E-state index in [1.165, 1.54) is 0 Å². The van der Waals surface area contributed by atoms with Gasteiger partial charge in [0.2, 0.25) is 6.73 Å². The van der Waals surface area contributed by atoms with E-state index in [0.717, 1.165) is 11.3 Å². The van der Waals surface area contributed by atoms with Crippen molar-refractivity contribution in [2.45, 2.75) is 26.4 Å². The summed E-state index contributed by atoms with van der Waals surface area (Å²) in [5.74, 6) is 0. The van der Waals surface area contributed by atoms with Gasteiger partial charge in [0.05, 0.1) is 11.9 Å². The smallest absolute Gasteiger partial charge is 0.414 e. The first-order valence-electron chi connectivity index (χ1n) is 6.03. The topological polar surface area (TPSA) is 35.5 Å². The van der Waals surface area contributed by atoms with Gasteiger partial charge in [0, 0.05) is 17.7 Å². The van der Waals surface area contributed by atoms with Crippen LogP contribution < -0.4 is 4.48 Å². The van der Waals surface area contributed by atoms with Crippen LogP contribution in [0.1, 0.15) is 26.3 Å². The lowest BCUT2D eigenvalue weighted by Crippen LogP contribution is -2.51. The van der Waals surface area contributed by atoms with Crippen molar-refractivity contribution in [2.24, 2.45) is 0 Å². The molecule has 4 nitrogen and oxygen atoms in total. The van der Waals surface area contributed by atoms with Crippen molar-refractivity contribution in [3.63, 3.8) is 0 Å². The van der Waals surface area contributed by atoms with Gasteiger partial charge in [0.25, 0.3) is 0 Å². The fourth-order valence-electron chi connectivity index (χ4n) is 2.02. The van der Waals surface area contributed by atoms with E-state index in [2.05, 4.69) is 0 Å². The second-order valence-corrected chi connectivity index (χ2v) is 5.68. The van der Waals surface area contributed by atoms with Gasteiger partial charge in [-0.25, -0.2) is 4.29 Å². The molecule has 1 unspecified atom stereocenters. The Hall–Kier alpha value is -1.36. The normalized spacial score (nSPS) is 21.3. The third kappa shape index (κ3) is 2.66. The Bertz CT molecular complexity index is 522. The van der Waals surface area contributed by atoms with Gasteiger partial charge in [-0.05, 0) is 26.8 Å². The molecule has 0 aliphatic carbocycles. The number of halogens is 1. The molecule has 1 aromatic rings. The van der Waals surface area contributed by atoms with Crippen molar-refractivity contribution >= 4 is 29.7 Å². The molecule has 0 saturated heterocycles. The number of fused-ring (bicyclic) bond motifs is 1. The van der Waals surface area contributed by atoms with Crippen LogP contribution in [0.4, 0.5) is 10.5 Å². The molecule has 19 heavy (non-hydrogen) atoms. The van der Waals surface area contributed by atoms with E-state index in [-0.39, 0.29) is 11.2 Å². The van der Waals surface area contributed by atoms with Crippen LogP contribution in [-0.4, -0.2) is 18.4 Å². The number of benzene rings is 1. The molecule has 1 atom stereocenters. The maximum Gasteiger partial charge on any atom is 0.528 e. The number of amides is 1. The maximum absolute atomic E-state index is 12.5. The Balaban J connectivity index is 2.41. The summed E-state index contributed by atoms with van der Waals surface area (Å²) in [6.07, 6.45) is 3.20. The Kier molecular flexibility index (Phi) is 3.67. The van der Waals surface area contributed by atoms with Crippen molar-refractivity contribution in [1.29, 1.82) is 0 Å². The average Bonchev–Trinajstić information content (AvgIpc) is 2.68. The molecule has 0 aromatic heterocycles. The highest BCUT2D eigenvalue weighted by Gasteiger charge is 2.46. The molecule has 5 heteroatoms. The molecule has 0 spiro atoms. The van der Waals surface area contributed by atoms with E-state index >= 15 is 0 Å². The molecular weight excluding hydrogens is 266 g/mol. The molecule has 1 aliphatic rings. The van der Waals surface area contributed by atoms with E-state index in [1.54, 1.807) is 6.20 Å². The minimum absolute atomic E-state index is 0.00994. The molecule has 1 heterocycles. The molecule has 0 N–H and O–H groups in total. The summed E-state index contributed by atoms with van der Waals surface area (Å²) in [4.78, 5) is 12.5. The van der Waals surface area contributed by atoms with Crippen LogP contribution in [0, 0.1) is 0 Å². The Morgan fingerprint density at radius 2 is 2.00 bits per heavy atom. The second-order valence-electron chi connectivity index (χ2n) is 5.46. The number of hydrogen-bond donors (Lipinski definition) is 0. The number of quaternary nitrogens is 1. The minimum Gasteiger partial charge on any atom is -0.414 e. The summed E-state index contributed by atoms with van der Waals surface area (Å²) in [5, 5.41) is 0. The monoisotopic (exact) mass is 282 g/mol. The van der Waals surface area contributed by atoms with Crippen LogP contribution in [-0.2, 0) is 9.03 Å². The Morgan fingerprint density at radius 1 is 1.32 bits per heavy atom. The predicted octanol–water partition coefficient (Wildman–Crippen LogP) is 4.04. The largest absolute Gasteiger partial charge is 0.528 e. The van der Waals surface area contributed by atoms with Crippen molar-refractivity contribution in [1.82, 2.24) is 4.48 Å². The van der Waals surface area contributed by atoms with Crippen molar-refractivity contribution in [2.75, 3.05) is 6.73 Å². The zero-order valence-corrected chi connectivity index (χ0v) is 12.0. The van der Waals surface area contributed by atoms with Gasteiger partial charge >= 0.3 is 6.09 Å². The van der Waals surface area contributed by atoms with Crippen molar-refractivity contribution in [3.8, 4) is 0 Å². The van der Waals surface area contributed by atoms with Gasteiger partial charge in [0.1, 0.15) is 11.8 Å². The lowest BCUT2D eigenvalue weighted by atomic mass is 10.2. The van der Waals surface area contributed by atoms with Gasteiger partial charge in [-0.15, -0.1) is 4.48 Å². The van der Waals surface area contributed by atoms with Gasteiger partial charge in [0.15, 0.2) is 5.69 Å². The summed E-state index contributed by atoms with van der Waals surface area (Å²) in [7, 11) is 0. The number of carbonyl (C=O) groups excluding carboxylic acids is 1. The number of carbonyl (C=O) groups is 1. The van der Waals surface area contributed by atoms with Crippen LogP contribution >= 0.6 is 11.9 Å². The van der Waals surface area contributed by atoms with Crippen LogP contribution in [0.3, 0.4) is 0 Å². The summed E-state index contributed by atoms with van der Waals surface area (Å²) in [5.41, 5.74) is 1.19. The SMILES string of the molecule is CC(C)(C)OC(=O)[N+]1(COCl)C=Cc2ccccc21. The molecule has 1 amide bonds. The summed E-state index contributed by atoms with van der Waals surface area (Å²) < 4.78 is 10.0. The third-order valence-corrected chi connectivity index (χ3v) is 2.94. The zero-order chi connectivity index (χ0) is 14.1. The highest BCUT2D eigenvalue weighted by molar-refractivity contribution is 6.07. The average molecular weight is 283 g/mol. The molecule has 102 valence electrons. The van der Waals surface area contributed by atoms with E-state index < -0.39 is 11.7 Å². The minimum atomic E-state index is -0.569. The quantitative estimate of drug-likeness (QED) is 0.768. The molecule has 2 rings (SSSR count). The van der Waals surface area contributed by atoms with Crippen molar-refractivity contribution < 1.29 is 13.8 Å². The molecule has 1 aromatic carbocycles. The second kappa shape index (κ2) is 4.96. The van der Waals surface area contributed by atoms with Crippen LogP contribution in [0.25, 0.3) is 6.08 Å². The summed E-state index contributed by atoms with van der Waals surface area (Å²) in [6, 6.07) is 7.59. The van der Waals surface area contributed by atoms with Crippen LogP contribution in [0.2, 0.25) is 0 Å². The first-order chi connectivity index (χ1) is 8.89. The number of hydrogen-bond acceptors (Lipinski definition) is 3. The first-order valence-corrected chi connectivity index (χ1v) is 6.33. The lowest BCUT2D eigenvalue weighted by Gasteiger charge is -2.29. The number of para-hydroxylation sites is 1. The fourth-order valence-corrected chi connectivity index (χ4v) is 2.18. The summed E-state index contributed by atoms with van der Waals surface area (Å²) >= 11 is 5.40. The first kappa shape index (κ1) is 14.1. The van der Waals surface area contributed by atoms with E-state index in [9.17, 15) is 4.79 Å². The Morgan fingerprint density at radius 3 is 2.63 bits per heavy atom. The van der Waals surface area contributed by atoms with Gasteiger partial charge in [-0.2, -0.15) is 4.79 Å². The van der Waals surface area contributed by atoms with Crippen molar-refractivity contribution in [3.05, 3.63) is 36.0 Å². The highest BCUT2D eigenvalue weighted by Crippen LogP contribution is 2.37. The van der Waals surface area contributed by atoms with E-state index in [4.69, 9.17) is 20.9 Å². The summed E-state index contributed by atoms with van der Waals surface area (Å²) in [6.45, 7) is 5.47. The van der Waals surface area contributed by atoms with Gasteiger partial charge < -0.3 is 4.74 Å².